The Morgan fingerprint density at radius 1 is 0.946 bits per heavy atom. The third-order valence-corrected chi connectivity index (χ3v) is 6.17. The number of aliphatic hydroxyl groups is 1. The molecule has 37 heavy (non-hydrogen) atoms. The molecule has 3 aromatic rings. The molecular formula is C30H31NO6. The summed E-state index contributed by atoms with van der Waals surface area (Å²) < 4.78 is 16.6. The van der Waals surface area contributed by atoms with Crippen molar-refractivity contribution < 1.29 is 28.9 Å². The van der Waals surface area contributed by atoms with Gasteiger partial charge in [-0.2, -0.15) is 0 Å². The van der Waals surface area contributed by atoms with Crippen molar-refractivity contribution in [3.63, 3.8) is 0 Å². The number of aliphatic hydroxyl groups excluding tert-OH is 1. The Bertz CT molecular complexity index is 1340. The third-order valence-electron chi connectivity index (χ3n) is 6.17. The van der Waals surface area contributed by atoms with Gasteiger partial charge < -0.3 is 19.3 Å². The third kappa shape index (κ3) is 5.16. The zero-order valence-electron chi connectivity index (χ0n) is 21.6. The highest BCUT2D eigenvalue weighted by atomic mass is 16.5. The number of nitrogens with zero attached hydrogens (tertiary/aromatic N) is 1. The van der Waals surface area contributed by atoms with Crippen LogP contribution in [0.2, 0.25) is 0 Å². The summed E-state index contributed by atoms with van der Waals surface area (Å²) >= 11 is 0. The Hall–Kier alpha value is -4.26. The molecule has 0 aliphatic carbocycles. The van der Waals surface area contributed by atoms with Crippen LogP contribution in [0.5, 0.6) is 17.2 Å². The maximum Gasteiger partial charge on any atom is 0.300 e. The molecule has 1 aliphatic heterocycles. The Morgan fingerprint density at radius 2 is 1.65 bits per heavy atom. The van der Waals surface area contributed by atoms with Crippen LogP contribution in [0.4, 0.5) is 5.69 Å². The van der Waals surface area contributed by atoms with Crippen LogP contribution in [-0.4, -0.2) is 37.6 Å². The van der Waals surface area contributed by atoms with Gasteiger partial charge in [0, 0.05) is 11.3 Å². The van der Waals surface area contributed by atoms with Gasteiger partial charge in [-0.25, -0.2) is 0 Å². The highest BCUT2D eigenvalue weighted by Crippen LogP contribution is 2.43. The Kier molecular flexibility index (Phi) is 7.53. The summed E-state index contributed by atoms with van der Waals surface area (Å²) in [5.74, 6) is 0.0209. The molecule has 1 N–H and O–H groups in total. The number of amides is 1. The van der Waals surface area contributed by atoms with Crippen molar-refractivity contribution in [1.82, 2.24) is 0 Å². The summed E-state index contributed by atoms with van der Waals surface area (Å²) in [6, 6.07) is 18.6. The number of ether oxygens (including phenoxy) is 3. The summed E-state index contributed by atoms with van der Waals surface area (Å²) in [4.78, 5) is 28.3. The highest BCUT2D eigenvalue weighted by molar-refractivity contribution is 6.51. The normalized spacial score (nSPS) is 16.8. The first-order valence-corrected chi connectivity index (χ1v) is 12.1. The number of carbonyl (C=O) groups is 2. The molecule has 0 saturated carbocycles. The lowest BCUT2D eigenvalue weighted by Gasteiger charge is -2.26. The number of hydrogen-bond donors (Lipinski definition) is 1. The molecule has 1 amide bonds. The average Bonchev–Trinajstić information content (AvgIpc) is 3.17. The van der Waals surface area contributed by atoms with Crippen LogP contribution in [0.15, 0.2) is 72.3 Å². The fraction of sp³-hybridized carbons (Fsp3) is 0.267. The van der Waals surface area contributed by atoms with Gasteiger partial charge in [-0.15, -0.1) is 0 Å². The van der Waals surface area contributed by atoms with Crippen LogP contribution in [0, 0.1) is 12.8 Å². The molecule has 0 radical (unpaired) electrons. The number of hydrogen-bond acceptors (Lipinski definition) is 6. The second-order valence-corrected chi connectivity index (χ2v) is 9.35. The predicted octanol–water partition coefficient (Wildman–Crippen LogP) is 5.67. The van der Waals surface area contributed by atoms with Crippen LogP contribution >= 0.6 is 0 Å². The van der Waals surface area contributed by atoms with E-state index in [0.29, 0.717) is 46.6 Å². The Balaban J connectivity index is 1.90. The molecule has 3 aromatic carbocycles. The predicted molar refractivity (Wildman–Crippen MR) is 142 cm³/mol. The molecule has 0 bridgehead atoms. The molecule has 1 saturated heterocycles. The highest BCUT2D eigenvalue weighted by Gasteiger charge is 2.47. The molecule has 1 atom stereocenters. The minimum Gasteiger partial charge on any atom is -0.507 e. The van der Waals surface area contributed by atoms with Gasteiger partial charge in [-0.3, -0.25) is 14.5 Å². The van der Waals surface area contributed by atoms with E-state index in [1.165, 1.54) is 19.1 Å². The van der Waals surface area contributed by atoms with E-state index in [2.05, 4.69) is 13.8 Å². The lowest BCUT2D eigenvalue weighted by atomic mass is 9.94. The van der Waals surface area contributed by atoms with Gasteiger partial charge >= 0.3 is 0 Å². The number of ketones is 1. The zero-order valence-corrected chi connectivity index (χ0v) is 21.6. The van der Waals surface area contributed by atoms with Crippen LogP contribution in [0.25, 0.3) is 5.76 Å². The number of methoxy groups -OCH3 is 2. The summed E-state index contributed by atoms with van der Waals surface area (Å²) in [7, 11) is 3.00. The lowest BCUT2D eigenvalue weighted by molar-refractivity contribution is -0.132. The quantitative estimate of drug-likeness (QED) is 0.243. The van der Waals surface area contributed by atoms with Crippen molar-refractivity contribution in [3.8, 4) is 17.2 Å². The molecular weight excluding hydrogens is 470 g/mol. The van der Waals surface area contributed by atoms with Crippen LogP contribution in [0.3, 0.4) is 0 Å². The Labute approximate surface area is 216 Å². The number of benzene rings is 3. The van der Waals surface area contributed by atoms with E-state index in [0.717, 1.165) is 5.56 Å². The smallest absolute Gasteiger partial charge is 0.300 e. The fourth-order valence-electron chi connectivity index (χ4n) is 4.30. The molecule has 7 heteroatoms. The van der Waals surface area contributed by atoms with Crippen LogP contribution < -0.4 is 19.1 Å². The molecule has 192 valence electrons. The van der Waals surface area contributed by atoms with Gasteiger partial charge in [0.25, 0.3) is 11.7 Å². The van der Waals surface area contributed by atoms with Gasteiger partial charge in [-0.05, 0) is 60.9 Å². The van der Waals surface area contributed by atoms with Crippen molar-refractivity contribution >= 4 is 23.1 Å². The first-order chi connectivity index (χ1) is 17.7. The first kappa shape index (κ1) is 25.8. The van der Waals surface area contributed by atoms with Crippen molar-refractivity contribution in [1.29, 1.82) is 0 Å². The van der Waals surface area contributed by atoms with Gasteiger partial charge in [0.1, 0.15) is 11.5 Å². The first-order valence-electron chi connectivity index (χ1n) is 12.1. The molecule has 1 heterocycles. The van der Waals surface area contributed by atoms with Crippen LogP contribution in [-0.2, 0) is 9.59 Å². The van der Waals surface area contributed by atoms with Crippen molar-refractivity contribution in [2.24, 2.45) is 5.92 Å². The SMILES string of the molecule is COc1ccc(/C(O)=C2\C(=O)C(=O)N(c3ccc(C)cc3)C2c2cccc(OCC(C)C)c2)cc1OC. The van der Waals surface area contributed by atoms with E-state index in [1.54, 1.807) is 30.3 Å². The largest absolute Gasteiger partial charge is 0.507 e. The summed E-state index contributed by atoms with van der Waals surface area (Å²) in [6.45, 7) is 6.58. The molecule has 0 aromatic heterocycles. The van der Waals surface area contributed by atoms with Gasteiger partial charge in [0.15, 0.2) is 11.5 Å². The molecule has 1 fully saturated rings. The van der Waals surface area contributed by atoms with Crippen LogP contribution in [0.1, 0.15) is 36.6 Å². The van der Waals surface area contributed by atoms with E-state index in [1.807, 2.05) is 43.3 Å². The number of rotatable bonds is 8. The lowest BCUT2D eigenvalue weighted by Crippen LogP contribution is -2.29. The Morgan fingerprint density at radius 3 is 2.30 bits per heavy atom. The molecule has 4 rings (SSSR count). The number of anilines is 1. The maximum absolute atomic E-state index is 13.4. The van der Waals surface area contributed by atoms with Crippen molar-refractivity contribution in [3.05, 3.63) is 89.0 Å². The molecule has 7 nitrogen and oxygen atoms in total. The fourth-order valence-corrected chi connectivity index (χ4v) is 4.30. The van der Waals surface area contributed by atoms with Gasteiger partial charge in [0.2, 0.25) is 0 Å². The minimum atomic E-state index is -0.863. The monoisotopic (exact) mass is 501 g/mol. The second-order valence-electron chi connectivity index (χ2n) is 9.35. The molecule has 1 unspecified atom stereocenters. The van der Waals surface area contributed by atoms with Gasteiger partial charge in [-0.1, -0.05) is 43.7 Å². The summed E-state index contributed by atoms with van der Waals surface area (Å²) in [6.07, 6.45) is 0. The topological polar surface area (TPSA) is 85.3 Å². The van der Waals surface area contributed by atoms with E-state index >= 15 is 0 Å². The summed E-state index contributed by atoms with van der Waals surface area (Å²) in [5, 5.41) is 11.4. The molecule has 1 aliphatic rings. The molecule has 0 spiro atoms. The van der Waals surface area contributed by atoms with E-state index in [9.17, 15) is 14.7 Å². The average molecular weight is 502 g/mol. The standard InChI is InChI=1S/C30H31NO6/c1-18(2)17-37-23-8-6-7-20(15-23)27-26(28(32)21-11-14-24(35-4)25(16-21)36-5)29(33)30(34)31(27)22-12-9-19(3)10-13-22/h6-16,18,27,32H,17H2,1-5H3/b28-26+. The van der Waals surface area contributed by atoms with Crippen molar-refractivity contribution in [2.45, 2.75) is 26.8 Å². The minimum absolute atomic E-state index is 0.0150. The second kappa shape index (κ2) is 10.8. The maximum atomic E-state index is 13.4. The zero-order chi connectivity index (χ0) is 26.7. The number of Topliss-reactive ketones (excluding diaryl/α,β-unsaturated/α-hetero) is 1. The van der Waals surface area contributed by atoms with E-state index < -0.39 is 17.7 Å². The van der Waals surface area contributed by atoms with E-state index in [4.69, 9.17) is 14.2 Å². The van der Waals surface area contributed by atoms with Gasteiger partial charge in [0.05, 0.1) is 32.4 Å². The number of carbonyl (C=O) groups excluding carboxylic acids is 2. The number of aryl methyl sites for hydroxylation is 1. The van der Waals surface area contributed by atoms with E-state index in [-0.39, 0.29) is 11.3 Å². The van der Waals surface area contributed by atoms with Crippen molar-refractivity contribution in [2.75, 3.05) is 25.7 Å². The summed E-state index contributed by atoms with van der Waals surface area (Å²) in [5.41, 5.74) is 2.53.